The van der Waals surface area contributed by atoms with E-state index in [2.05, 4.69) is 43.3 Å². The number of rotatable bonds is 4. The first-order chi connectivity index (χ1) is 9.23. The van der Waals surface area contributed by atoms with Crippen molar-refractivity contribution in [3.8, 4) is 0 Å². The van der Waals surface area contributed by atoms with Crippen LogP contribution in [0.2, 0.25) is 0 Å². The van der Waals surface area contributed by atoms with Gasteiger partial charge in [0, 0.05) is 30.3 Å². The molecule has 1 aliphatic rings. The Morgan fingerprint density at radius 2 is 2.00 bits per heavy atom. The van der Waals surface area contributed by atoms with E-state index in [0.717, 1.165) is 18.1 Å². The first-order valence-corrected chi connectivity index (χ1v) is 7.22. The van der Waals surface area contributed by atoms with Crippen molar-refractivity contribution in [2.75, 3.05) is 18.9 Å². The van der Waals surface area contributed by atoms with Gasteiger partial charge >= 0.3 is 0 Å². The maximum Gasteiger partial charge on any atom is 0.251 e. The minimum atomic E-state index is -0.0790. The minimum absolute atomic E-state index is 0.0116. The lowest BCUT2D eigenvalue weighted by Gasteiger charge is -2.20. The highest BCUT2D eigenvalue weighted by Crippen LogP contribution is 2.44. The third-order valence-corrected chi connectivity index (χ3v) is 3.89. The van der Waals surface area contributed by atoms with Crippen LogP contribution in [0.1, 0.15) is 56.6 Å². The third-order valence-electron chi connectivity index (χ3n) is 3.89. The van der Waals surface area contributed by atoms with Gasteiger partial charge < -0.3 is 10.6 Å². The van der Waals surface area contributed by atoms with Crippen molar-refractivity contribution < 1.29 is 4.79 Å². The van der Waals surface area contributed by atoms with Gasteiger partial charge in [0.1, 0.15) is 5.82 Å². The maximum atomic E-state index is 12.3. The molecule has 1 aliphatic carbocycles. The van der Waals surface area contributed by atoms with Crippen LogP contribution in [0.25, 0.3) is 0 Å². The summed E-state index contributed by atoms with van der Waals surface area (Å²) in [6.07, 6.45) is 2.41. The van der Waals surface area contributed by atoms with Crippen molar-refractivity contribution in [1.82, 2.24) is 10.3 Å². The second-order valence-corrected chi connectivity index (χ2v) is 7.12. The molecule has 1 saturated carbocycles. The smallest absolute Gasteiger partial charge is 0.251 e. The number of carbonyl (C=O) groups excluding carboxylic acids is 1. The van der Waals surface area contributed by atoms with Crippen LogP contribution in [0.4, 0.5) is 5.82 Å². The molecule has 0 radical (unpaired) electrons. The third kappa shape index (κ3) is 3.50. The Morgan fingerprint density at radius 1 is 1.35 bits per heavy atom. The van der Waals surface area contributed by atoms with Gasteiger partial charge in [-0.05, 0) is 30.4 Å². The summed E-state index contributed by atoms with van der Waals surface area (Å²) >= 11 is 0. The van der Waals surface area contributed by atoms with Crippen molar-refractivity contribution in [2.45, 2.75) is 46.0 Å². The maximum absolute atomic E-state index is 12.3. The van der Waals surface area contributed by atoms with Crippen LogP contribution in [-0.2, 0) is 5.41 Å². The standard InChI is InChI=1S/C16H25N3O/c1-15(2,3)12-8-11(9-13(17-5)19-12)14(20)18-10-16(4)6-7-16/h8-9H,6-7,10H2,1-5H3,(H,17,19)(H,18,20). The highest BCUT2D eigenvalue weighted by molar-refractivity contribution is 5.95. The van der Waals surface area contributed by atoms with E-state index in [-0.39, 0.29) is 11.3 Å². The van der Waals surface area contributed by atoms with Crippen molar-refractivity contribution in [3.05, 3.63) is 23.4 Å². The van der Waals surface area contributed by atoms with E-state index < -0.39 is 0 Å². The number of pyridine rings is 1. The van der Waals surface area contributed by atoms with Crippen LogP contribution in [0.5, 0.6) is 0 Å². The summed E-state index contributed by atoms with van der Waals surface area (Å²) < 4.78 is 0. The molecule has 0 bridgehead atoms. The van der Waals surface area contributed by atoms with Gasteiger partial charge in [-0.15, -0.1) is 0 Å². The fraction of sp³-hybridized carbons (Fsp3) is 0.625. The summed E-state index contributed by atoms with van der Waals surface area (Å²) in [5.41, 5.74) is 1.84. The Hall–Kier alpha value is -1.58. The lowest BCUT2D eigenvalue weighted by molar-refractivity contribution is 0.0946. The number of hydrogen-bond acceptors (Lipinski definition) is 3. The average molecular weight is 275 g/mol. The van der Waals surface area contributed by atoms with Gasteiger partial charge in [-0.25, -0.2) is 4.98 Å². The SMILES string of the molecule is CNc1cc(C(=O)NCC2(C)CC2)cc(C(C)(C)C)n1. The van der Waals surface area contributed by atoms with Crippen LogP contribution >= 0.6 is 0 Å². The Kier molecular flexibility index (Phi) is 3.76. The highest BCUT2D eigenvalue weighted by Gasteiger charge is 2.37. The van der Waals surface area contributed by atoms with Crippen LogP contribution in [-0.4, -0.2) is 24.5 Å². The number of nitrogens with one attached hydrogen (secondary N) is 2. The molecule has 0 aliphatic heterocycles. The van der Waals surface area contributed by atoms with Gasteiger partial charge in [-0.3, -0.25) is 4.79 Å². The summed E-state index contributed by atoms with van der Waals surface area (Å²) in [6.45, 7) is 9.26. The van der Waals surface area contributed by atoms with Crippen LogP contribution in [0.15, 0.2) is 12.1 Å². The summed E-state index contributed by atoms with van der Waals surface area (Å²) in [7, 11) is 1.82. The zero-order valence-electron chi connectivity index (χ0n) is 13.1. The number of carbonyl (C=O) groups is 1. The second kappa shape index (κ2) is 5.08. The fourth-order valence-electron chi connectivity index (χ4n) is 1.96. The monoisotopic (exact) mass is 275 g/mol. The zero-order chi connectivity index (χ0) is 15.0. The molecule has 0 spiro atoms. The Morgan fingerprint density at radius 3 is 2.50 bits per heavy atom. The molecule has 1 fully saturated rings. The Balaban J connectivity index is 2.19. The van der Waals surface area contributed by atoms with Crippen LogP contribution in [0, 0.1) is 5.41 Å². The predicted molar refractivity (Wildman–Crippen MR) is 82.2 cm³/mol. The molecule has 1 amide bonds. The van der Waals surface area contributed by atoms with E-state index in [9.17, 15) is 4.79 Å². The number of amides is 1. The number of aromatic nitrogens is 1. The number of nitrogens with zero attached hydrogens (tertiary/aromatic N) is 1. The van der Waals surface area contributed by atoms with E-state index >= 15 is 0 Å². The lowest BCUT2D eigenvalue weighted by Crippen LogP contribution is -2.29. The molecule has 4 heteroatoms. The summed E-state index contributed by atoms with van der Waals surface area (Å²) in [5.74, 6) is 0.725. The van der Waals surface area contributed by atoms with Crippen molar-refractivity contribution in [1.29, 1.82) is 0 Å². The molecule has 4 nitrogen and oxygen atoms in total. The van der Waals surface area contributed by atoms with E-state index in [4.69, 9.17) is 0 Å². The Labute approximate surface area is 121 Å². The molecule has 0 atom stereocenters. The molecular weight excluding hydrogens is 250 g/mol. The Bertz CT molecular complexity index is 513. The molecule has 1 aromatic rings. The van der Waals surface area contributed by atoms with Gasteiger partial charge in [0.2, 0.25) is 0 Å². The highest BCUT2D eigenvalue weighted by atomic mass is 16.1. The molecule has 0 unspecified atom stereocenters. The fourth-order valence-corrected chi connectivity index (χ4v) is 1.96. The van der Waals surface area contributed by atoms with E-state index in [0.29, 0.717) is 11.0 Å². The molecular formula is C16H25N3O. The van der Waals surface area contributed by atoms with E-state index in [1.807, 2.05) is 13.1 Å². The van der Waals surface area contributed by atoms with Crippen molar-refractivity contribution >= 4 is 11.7 Å². The van der Waals surface area contributed by atoms with Crippen molar-refractivity contribution in [3.63, 3.8) is 0 Å². The molecule has 2 N–H and O–H groups in total. The molecule has 0 saturated heterocycles. The van der Waals surface area contributed by atoms with Gasteiger partial charge in [0.15, 0.2) is 0 Å². The summed E-state index contributed by atoms with van der Waals surface area (Å²) in [5, 5.41) is 6.07. The average Bonchev–Trinajstić information content (AvgIpc) is 3.13. The zero-order valence-corrected chi connectivity index (χ0v) is 13.1. The molecule has 1 heterocycles. The molecule has 0 aromatic carbocycles. The van der Waals surface area contributed by atoms with Crippen molar-refractivity contribution in [2.24, 2.45) is 5.41 Å². The quantitative estimate of drug-likeness (QED) is 0.888. The van der Waals surface area contributed by atoms with Crippen LogP contribution < -0.4 is 10.6 Å². The molecule has 20 heavy (non-hydrogen) atoms. The topological polar surface area (TPSA) is 54.0 Å². The summed E-state index contributed by atoms with van der Waals surface area (Å²) in [4.78, 5) is 16.8. The largest absolute Gasteiger partial charge is 0.373 e. The normalized spacial score (nSPS) is 16.6. The molecule has 2 rings (SSSR count). The number of hydrogen-bond donors (Lipinski definition) is 2. The summed E-state index contributed by atoms with van der Waals surface area (Å²) in [6, 6.07) is 3.70. The minimum Gasteiger partial charge on any atom is -0.373 e. The van der Waals surface area contributed by atoms with Gasteiger partial charge in [0.05, 0.1) is 0 Å². The second-order valence-electron chi connectivity index (χ2n) is 7.12. The van der Waals surface area contributed by atoms with E-state index in [1.54, 1.807) is 6.07 Å². The molecule has 110 valence electrons. The van der Waals surface area contributed by atoms with Gasteiger partial charge in [0.25, 0.3) is 5.91 Å². The first-order valence-electron chi connectivity index (χ1n) is 7.22. The van der Waals surface area contributed by atoms with E-state index in [1.165, 1.54) is 12.8 Å². The van der Waals surface area contributed by atoms with Gasteiger partial charge in [-0.2, -0.15) is 0 Å². The predicted octanol–water partition coefficient (Wildman–Crippen LogP) is 2.95. The lowest BCUT2D eigenvalue weighted by atomic mass is 9.90. The molecule has 1 aromatic heterocycles. The van der Waals surface area contributed by atoms with Gasteiger partial charge in [-0.1, -0.05) is 27.7 Å². The van der Waals surface area contributed by atoms with Crippen LogP contribution in [0.3, 0.4) is 0 Å². The first kappa shape index (κ1) is 14.8. The number of anilines is 1.